The molecule has 0 saturated heterocycles. The van der Waals surface area contributed by atoms with Crippen LogP contribution in [-0.2, 0) is 19.4 Å². The van der Waals surface area contributed by atoms with Crippen LogP contribution in [0.15, 0.2) is 65.2 Å². The van der Waals surface area contributed by atoms with Gasteiger partial charge in [0.25, 0.3) is 0 Å². The molecule has 0 amide bonds. The Balaban J connectivity index is 1.45. The number of H-pyrrole nitrogens is 1. The fraction of sp³-hybridized carbons (Fsp3) is 0.238. The number of hydrogen-bond acceptors (Lipinski definition) is 7. The van der Waals surface area contributed by atoms with Gasteiger partial charge in [0, 0.05) is 18.8 Å². The molecule has 0 unspecified atom stereocenters. The molecule has 29 heavy (non-hydrogen) atoms. The van der Waals surface area contributed by atoms with E-state index in [0.29, 0.717) is 18.0 Å². The summed E-state index contributed by atoms with van der Waals surface area (Å²) in [6, 6.07) is 11.9. The molecule has 8 heteroatoms. The second kappa shape index (κ2) is 9.01. The van der Waals surface area contributed by atoms with Crippen molar-refractivity contribution in [1.82, 2.24) is 25.1 Å². The van der Waals surface area contributed by atoms with Crippen molar-refractivity contribution in [2.24, 2.45) is 10.2 Å². The third kappa shape index (κ3) is 4.78. The van der Waals surface area contributed by atoms with Crippen molar-refractivity contribution in [1.29, 1.82) is 0 Å². The Morgan fingerprint density at radius 2 is 1.93 bits per heavy atom. The Morgan fingerprint density at radius 1 is 1.03 bits per heavy atom. The maximum atomic E-state index is 5.28. The molecule has 1 N–H and O–H groups in total. The first-order chi connectivity index (χ1) is 14.3. The molecule has 3 heterocycles. The van der Waals surface area contributed by atoms with E-state index in [-0.39, 0.29) is 0 Å². The van der Waals surface area contributed by atoms with Gasteiger partial charge in [-0.3, -0.25) is 10.1 Å². The fourth-order valence-corrected chi connectivity index (χ4v) is 3.00. The predicted molar refractivity (Wildman–Crippen MR) is 109 cm³/mol. The van der Waals surface area contributed by atoms with Crippen LogP contribution in [-0.4, -0.2) is 32.3 Å². The van der Waals surface area contributed by atoms with E-state index in [2.05, 4.69) is 47.5 Å². The second-order valence-electron chi connectivity index (χ2n) is 6.56. The van der Waals surface area contributed by atoms with Crippen LogP contribution in [0.5, 0.6) is 5.75 Å². The minimum absolute atomic E-state index is 0.469. The summed E-state index contributed by atoms with van der Waals surface area (Å²) in [5.74, 6) is 2.13. The lowest BCUT2D eigenvalue weighted by Gasteiger charge is -2.05. The van der Waals surface area contributed by atoms with Crippen LogP contribution in [0.4, 0.5) is 5.82 Å². The molecule has 0 atom stereocenters. The van der Waals surface area contributed by atoms with Gasteiger partial charge in [0.1, 0.15) is 11.6 Å². The smallest absolute Gasteiger partial charge is 0.188 e. The molecule has 4 rings (SSSR count). The molecule has 0 fully saturated rings. The number of nitrogens with one attached hydrogen (secondary N) is 1. The van der Waals surface area contributed by atoms with Gasteiger partial charge < -0.3 is 4.74 Å². The number of ether oxygens (including phenoxy) is 1. The van der Waals surface area contributed by atoms with Crippen molar-refractivity contribution in [2.75, 3.05) is 7.11 Å². The summed E-state index contributed by atoms with van der Waals surface area (Å²) in [4.78, 5) is 13.2. The van der Waals surface area contributed by atoms with Gasteiger partial charge in [0.15, 0.2) is 11.5 Å². The lowest BCUT2D eigenvalue weighted by molar-refractivity contribution is 0.414. The third-order valence-corrected chi connectivity index (χ3v) is 4.50. The molecule has 3 aromatic heterocycles. The van der Waals surface area contributed by atoms with E-state index in [9.17, 15) is 0 Å². The van der Waals surface area contributed by atoms with Crippen molar-refractivity contribution >= 4 is 16.9 Å². The van der Waals surface area contributed by atoms with Gasteiger partial charge in [0.05, 0.1) is 25.2 Å². The van der Waals surface area contributed by atoms with Gasteiger partial charge in [-0.2, -0.15) is 10.2 Å². The summed E-state index contributed by atoms with van der Waals surface area (Å²) in [5, 5.41) is 16.3. The first-order valence-corrected chi connectivity index (χ1v) is 9.41. The number of aromatic nitrogens is 5. The number of nitrogens with zero attached hydrogens (tertiary/aromatic N) is 6. The maximum Gasteiger partial charge on any atom is 0.188 e. The van der Waals surface area contributed by atoms with Crippen LogP contribution in [0.25, 0.3) is 11.0 Å². The van der Waals surface area contributed by atoms with Crippen molar-refractivity contribution in [3.05, 3.63) is 71.9 Å². The molecule has 0 aliphatic carbocycles. The first-order valence-electron chi connectivity index (χ1n) is 9.41. The van der Waals surface area contributed by atoms with Gasteiger partial charge >= 0.3 is 0 Å². The number of hydrogen-bond donors (Lipinski definition) is 1. The standard InChI is InChI=1S/C21H21N7O/c1-29-17-6-2-4-15(12-17)5-3-7-19-25-20(18-14-24-28-21(18)26-19)27-23-13-16-8-10-22-11-9-16/h2,4,6,8-12,14H,3,5,7,13H2,1H3,(H,24,25,26,28). The van der Waals surface area contributed by atoms with Crippen LogP contribution < -0.4 is 4.74 Å². The molecule has 0 aliphatic rings. The van der Waals surface area contributed by atoms with Crippen molar-refractivity contribution in [2.45, 2.75) is 25.8 Å². The second-order valence-corrected chi connectivity index (χ2v) is 6.56. The zero-order chi connectivity index (χ0) is 19.9. The molecule has 0 spiro atoms. The van der Waals surface area contributed by atoms with Crippen molar-refractivity contribution < 1.29 is 4.74 Å². The van der Waals surface area contributed by atoms with Crippen LogP contribution in [0.2, 0.25) is 0 Å². The highest BCUT2D eigenvalue weighted by Gasteiger charge is 2.09. The maximum absolute atomic E-state index is 5.28. The summed E-state index contributed by atoms with van der Waals surface area (Å²) in [7, 11) is 1.68. The molecule has 1 aromatic carbocycles. The number of methoxy groups -OCH3 is 1. The summed E-state index contributed by atoms with van der Waals surface area (Å²) in [6.07, 6.45) is 7.73. The molecule has 146 valence electrons. The topological polar surface area (TPSA) is 101 Å². The number of fused-ring (bicyclic) bond motifs is 1. The molecule has 0 radical (unpaired) electrons. The Bertz CT molecular complexity index is 1110. The van der Waals surface area contributed by atoms with E-state index >= 15 is 0 Å². The zero-order valence-corrected chi connectivity index (χ0v) is 16.1. The number of aryl methyl sites for hydroxylation is 2. The van der Waals surface area contributed by atoms with Gasteiger partial charge in [0.2, 0.25) is 0 Å². The van der Waals surface area contributed by atoms with Gasteiger partial charge in [-0.25, -0.2) is 9.97 Å². The summed E-state index contributed by atoms with van der Waals surface area (Å²) >= 11 is 0. The van der Waals surface area contributed by atoms with Crippen LogP contribution >= 0.6 is 0 Å². The molecular formula is C21H21N7O. The van der Waals surface area contributed by atoms with E-state index in [1.807, 2.05) is 24.3 Å². The van der Waals surface area contributed by atoms with E-state index in [4.69, 9.17) is 4.74 Å². The molecule has 0 aliphatic heterocycles. The molecule has 0 saturated carbocycles. The van der Waals surface area contributed by atoms with E-state index in [1.165, 1.54) is 5.56 Å². The molecular weight excluding hydrogens is 366 g/mol. The lowest BCUT2D eigenvalue weighted by atomic mass is 10.1. The number of rotatable bonds is 8. The Morgan fingerprint density at radius 3 is 2.79 bits per heavy atom. The normalized spacial score (nSPS) is 11.3. The monoisotopic (exact) mass is 387 g/mol. The number of aromatic amines is 1. The highest BCUT2D eigenvalue weighted by molar-refractivity contribution is 5.83. The summed E-state index contributed by atoms with van der Waals surface area (Å²) < 4.78 is 5.28. The van der Waals surface area contributed by atoms with Crippen LogP contribution in [0.1, 0.15) is 23.4 Å². The Labute approximate surface area is 168 Å². The van der Waals surface area contributed by atoms with Gasteiger partial charge in [-0.05, 0) is 48.2 Å². The van der Waals surface area contributed by atoms with Crippen LogP contribution in [0, 0.1) is 0 Å². The molecule has 0 bridgehead atoms. The Hall–Kier alpha value is -3.68. The van der Waals surface area contributed by atoms with E-state index in [0.717, 1.165) is 41.8 Å². The number of pyridine rings is 1. The average Bonchev–Trinajstić information content (AvgIpc) is 3.23. The summed E-state index contributed by atoms with van der Waals surface area (Å²) in [6.45, 7) is 0.469. The Kier molecular flexibility index (Phi) is 5.80. The first kappa shape index (κ1) is 18.7. The minimum atomic E-state index is 0.469. The average molecular weight is 387 g/mol. The third-order valence-electron chi connectivity index (χ3n) is 4.50. The highest BCUT2D eigenvalue weighted by Crippen LogP contribution is 2.22. The fourth-order valence-electron chi connectivity index (χ4n) is 3.00. The SMILES string of the molecule is COc1cccc(CCCc2nc(N=NCc3ccncc3)c3cn[nH]c3n2)c1. The highest BCUT2D eigenvalue weighted by atomic mass is 16.5. The van der Waals surface area contributed by atoms with Crippen LogP contribution in [0.3, 0.4) is 0 Å². The minimum Gasteiger partial charge on any atom is -0.497 e. The summed E-state index contributed by atoms with van der Waals surface area (Å²) in [5.41, 5.74) is 2.94. The lowest BCUT2D eigenvalue weighted by Crippen LogP contribution is -1.98. The largest absolute Gasteiger partial charge is 0.497 e. The number of benzene rings is 1. The number of azo groups is 1. The van der Waals surface area contributed by atoms with Gasteiger partial charge in [-0.1, -0.05) is 12.1 Å². The van der Waals surface area contributed by atoms with Gasteiger partial charge in [-0.15, -0.1) is 5.11 Å². The predicted octanol–water partition coefficient (Wildman–Crippen LogP) is 4.22. The zero-order valence-electron chi connectivity index (χ0n) is 16.1. The van der Waals surface area contributed by atoms with Crippen molar-refractivity contribution in [3.63, 3.8) is 0 Å². The van der Waals surface area contributed by atoms with Crippen molar-refractivity contribution in [3.8, 4) is 5.75 Å². The molecule has 8 nitrogen and oxygen atoms in total. The molecule has 4 aromatic rings. The van der Waals surface area contributed by atoms with E-state index < -0.39 is 0 Å². The quantitative estimate of drug-likeness (QED) is 0.456. The van der Waals surface area contributed by atoms with E-state index in [1.54, 1.807) is 25.7 Å².